The van der Waals surface area contributed by atoms with E-state index in [-0.39, 0.29) is 16.9 Å². The van der Waals surface area contributed by atoms with Crippen LogP contribution in [0, 0.1) is 14.4 Å². The maximum absolute atomic E-state index is 8.34. The first-order valence-electron chi connectivity index (χ1n) is 17.6. The highest BCUT2D eigenvalue weighted by Crippen LogP contribution is 2.40. The van der Waals surface area contributed by atoms with Gasteiger partial charge in [-0.1, -0.05) is 50.9 Å². The Hall–Kier alpha value is -3.61. The third-order valence-electron chi connectivity index (χ3n) is 9.47. The molecule has 291 valence electrons. The van der Waals surface area contributed by atoms with Gasteiger partial charge >= 0.3 is 7.69 Å². The first-order chi connectivity index (χ1) is 25.6. The third kappa shape index (κ3) is 12.5. The van der Waals surface area contributed by atoms with Crippen molar-refractivity contribution >= 4 is 77.0 Å². The van der Waals surface area contributed by atoms with Crippen LogP contribution in [0.25, 0.3) is 11.1 Å². The SMILES string of the molecule is CC1(C)CCC(Nc2nc(N)ncc2I)CC1.COc1nccc(-c2cnc(N)nc2NC2CCC(C)(C)CC2)c1Cl.COc1nccc(O[B]O)c1Cl. The van der Waals surface area contributed by atoms with E-state index in [0.717, 1.165) is 33.4 Å². The quantitative estimate of drug-likeness (QED) is 0.0803. The van der Waals surface area contributed by atoms with E-state index >= 15 is 0 Å². The molecule has 2 saturated carbocycles. The van der Waals surface area contributed by atoms with E-state index < -0.39 is 0 Å². The second-order valence-corrected chi connectivity index (χ2v) is 16.5. The van der Waals surface area contributed by atoms with Crippen molar-refractivity contribution in [2.45, 2.75) is 91.1 Å². The molecule has 7 N–H and O–H groups in total. The fraction of sp³-hybridized carbons (Fsp3) is 0.500. The van der Waals surface area contributed by atoms with Crippen LogP contribution in [0.2, 0.25) is 10.0 Å². The van der Waals surface area contributed by atoms with Crippen molar-refractivity contribution in [1.29, 1.82) is 0 Å². The number of pyridine rings is 2. The molecule has 0 bridgehead atoms. The topological polar surface area (TPSA) is 201 Å². The molecule has 0 aromatic carbocycles. The molecule has 4 heterocycles. The first-order valence-corrected chi connectivity index (χ1v) is 19.4. The number of halogens is 3. The highest BCUT2D eigenvalue weighted by Gasteiger charge is 2.29. The number of nitrogens with two attached hydrogens (primary N) is 2. The van der Waals surface area contributed by atoms with E-state index in [1.165, 1.54) is 57.9 Å². The Bertz CT molecular complexity index is 1820. The zero-order valence-electron chi connectivity index (χ0n) is 31.5. The van der Waals surface area contributed by atoms with Gasteiger partial charge in [0.1, 0.15) is 27.4 Å². The zero-order chi connectivity index (χ0) is 39.5. The van der Waals surface area contributed by atoms with Gasteiger partial charge in [0.2, 0.25) is 23.7 Å². The van der Waals surface area contributed by atoms with Gasteiger partial charge in [-0.3, -0.25) is 0 Å². The molecule has 0 spiro atoms. The average Bonchev–Trinajstić information content (AvgIpc) is 3.13. The van der Waals surface area contributed by atoms with Gasteiger partial charge in [0.15, 0.2) is 0 Å². The highest BCUT2D eigenvalue weighted by molar-refractivity contribution is 14.1. The Morgan fingerprint density at radius 1 is 0.741 bits per heavy atom. The molecule has 14 nitrogen and oxygen atoms in total. The lowest BCUT2D eigenvalue weighted by molar-refractivity contribution is 0.232. The normalized spacial score (nSPS) is 16.4. The van der Waals surface area contributed by atoms with Crippen molar-refractivity contribution in [3.63, 3.8) is 0 Å². The molecule has 0 atom stereocenters. The molecular formula is C36H49BCl2IN10O4. The molecule has 6 rings (SSSR count). The van der Waals surface area contributed by atoms with Gasteiger partial charge in [0, 0.05) is 48.0 Å². The van der Waals surface area contributed by atoms with Gasteiger partial charge in [-0.15, -0.1) is 0 Å². The smallest absolute Gasteiger partial charge is 0.536 e. The second-order valence-electron chi connectivity index (χ2n) is 14.6. The highest BCUT2D eigenvalue weighted by atomic mass is 127. The van der Waals surface area contributed by atoms with Crippen LogP contribution >= 0.6 is 45.8 Å². The Morgan fingerprint density at radius 2 is 1.22 bits per heavy atom. The minimum absolute atomic E-state index is 0.227. The molecule has 2 fully saturated rings. The van der Waals surface area contributed by atoms with Crippen molar-refractivity contribution in [2.75, 3.05) is 36.3 Å². The molecule has 18 heteroatoms. The van der Waals surface area contributed by atoms with Gasteiger partial charge in [-0.05, 0) is 96.9 Å². The molecule has 4 aromatic rings. The number of nitrogen functional groups attached to an aromatic ring is 2. The predicted octanol–water partition coefficient (Wildman–Crippen LogP) is 7.86. The molecule has 0 aliphatic heterocycles. The lowest BCUT2D eigenvalue weighted by Crippen LogP contribution is -2.30. The Kier molecular flexibility index (Phi) is 15.8. The molecule has 2 aliphatic carbocycles. The fourth-order valence-electron chi connectivity index (χ4n) is 6.13. The monoisotopic (exact) mass is 893 g/mol. The number of hydrogen-bond acceptors (Lipinski definition) is 14. The van der Waals surface area contributed by atoms with E-state index in [4.69, 9.17) is 49.2 Å². The van der Waals surface area contributed by atoms with Crippen LogP contribution in [-0.2, 0) is 0 Å². The van der Waals surface area contributed by atoms with Crippen LogP contribution in [0.15, 0.2) is 36.9 Å². The van der Waals surface area contributed by atoms with Crippen molar-refractivity contribution in [1.82, 2.24) is 29.9 Å². The molecule has 4 aromatic heterocycles. The maximum atomic E-state index is 8.34. The number of hydrogen-bond donors (Lipinski definition) is 5. The predicted molar refractivity (Wildman–Crippen MR) is 224 cm³/mol. The number of rotatable bonds is 9. The summed E-state index contributed by atoms with van der Waals surface area (Å²) in [7, 11) is 3.53. The molecule has 1 radical (unpaired) electrons. The van der Waals surface area contributed by atoms with Crippen LogP contribution in [0.4, 0.5) is 23.5 Å². The molecule has 0 saturated heterocycles. The van der Waals surface area contributed by atoms with Crippen molar-refractivity contribution < 1.29 is 19.2 Å². The first kappa shape index (κ1) is 43.1. The van der Waals surface area contributed by atoms with E-state index in [0.29, 0.717) is 59.0 Å². The van der Waals surface area contributed by atoms with Gasteiger partial charge in [0.05, 0.1) is 17.8 Å². The summed E-state index contributed by atoms with van der Waals surface area (Å²) in [5.74, 6) is 3.09. The summed E-state index contributed by atoms with van der Waals surface area (Å²) in [5, 5.41) is 16.0. The van der Waals surface area contributed by atoms with Crippen molar-refractivity contribution in [3.8, 4) is 28.6 Å². The zero-order valence-corrected chi connectivity index (χ0v) is 35.2. The lowest BCUT2D eigenvalue weighted by Gasteiger charge is -2.35. The van der Waals surface area contributed by atoms with Crippen molar-refractivity contribution in [3.05, 3.63) is 50.5 Å². The van der Waals surface area contributed by atoms with E-state index in [9.17, 15) is 0 Å². The van der Waals surface area contributed by atoms with Crippen molar-refractivity contribution in [2.24, 2.45) is 10.8 Å². The summed E-state index contributed by atoms with van der Waals surface area (Å²) in [6.07, 6.45) is 16.1. The van der Waals surface area contributed by atoms with Crippen LogP contribution in [0.3, 0.4) is 0 Å². The van der Waals surface area contributed by atoms with Gasteiger partial charge < -0.3 is 41.3 Å². The number of ether oxygens (including phenoxy) is 2. The molecule has 54 heavy (non-hydrogen) atoms. The van der Waals surface area contributed by atoms with E-state index in [2.05, 4.69) is 95.5 Å². The standard InChI is InChI=1S/C18H24ClN5O.C12H19IN4.C6H6BClNO3/c1-18(2)7-4-11(5-8-18)23-15-13(10-22-17(20)24-15)12-6-9-21-16(25-3)14(12)19;1-12(2)5-3-8(4-6-12)16-10-9(13)7-15-11(14)17-10;1-11-6-5(8)4(12-7-10)2-3-9-6/h6,9-11H,4-5,7-8H2,1-3H3,(H3,20,22,23,24);7-8H,3-6H2,1-2H3,(H3,14,15,16,17);2-3,10H,1H3. The van der Waals surface area contributed by atoms with Gasteiger partial charge in [-0.25, -0.2) is 19.9 Å². The summed E-state index contributed by atoms with van der Waals surface area (Å²) in [6, 6.07) is 4.22. The number of nitrogens with one attached hydrogen (secondary N) is 2. The van der Waals surface area contributed by atoms with E-state index in [1.807, 2.05) is 6.07 Å². The number of methoxy groups -OCH3 is 2. The molecule has 0 unspecified atom stereocenters. The average molecular weight is 894 g/mol. The fourth-order valence-corrected chi connectivity index (χ4v) is 7.07. The minimum atomic E-state index is 0.227. The number of aromatic nitrogens is 6. The lowest BCUT2D eigenvalue weighted by atomic mass is 9.75. The second kappa shape index (κ2) is 19.8. The Labute approximate surface area is 341 Å². The van der Waals surface area contributed by atoms with E-state index in [1.54, 1.807) is 25.7 Å². The van der Waals surface area contributed by atoms with Crippen LogP contribution in [0.1, 0.15) is 79.1 Å². The molecule has 0 amide bonds. The Balaban J connectivity index is 0.000000194. The van der Waals surface area contributed by atoms with Gasteiger partial charge in [0.25, 0.3) is 0 Å². The number of anilines is 4. The number of nitrogens with zero attached hydrogens (tertiary/aromatic N) is 6. The van der Waals surface area contributed by atoms with Gasteiger partial charge in [-0.2, -0.15) is 9.97 Å². The summed E-state index contributed by atoms with van der Waals surface area (Å²) in [4.78, 5) is 24.7. The molecule has 2 aliphatic rings. The summed E-state index contributed by atoms with van der Waals surface area (Å²) in [5.41, 5.74) is 13.9. The largest absolute Gasteiger partial charge is 0.569 e. The summed E-state index contributed by atoms with van der Waals surface area (Å²) >= 11 is 14.4. The van der Waals surface area contributed by atoms with Crippen LogP contribution < -0.4 is 36.2 Å². The van der Waals surface area contributed by atoms with Crippen LogP contribution in [0.5, 0.6) is 17.5 Å². The Morgan fingerprint density at radius 3 is 1.76 bits per heavy atom. The summed E-state index contributed by atoms with van der Waals surface area (Å²) in [6.45, 7) is 9.33. The summed E-state index contributed by atoms with van der Waals surface area (Å²) < 4.78 is 15.7. The third-order valence-corrected chi connectivity index (χ3v) is 11.0. The van der Waals surface area contributed by atoms with Crippen LogP contribution in [-0.4, -0.2) is 68.9 Å². The molecular weight excluding hydrogens is 845 g/mol. The minimum Gasteiger partial charge on any atom is -0.536 e. The maximum Gasteiger partial charge on any atom is 0.569 e.